The van der Waals surface area contributed by atoms with Gasteiger partial charge in [0.25, 0.3) is 0 Å². The van der Waals surface area contributed by atoms with Crippen LogP contribution >= 0.6 is 0 Å². The Morgan fingerprint density at radius 2 is 1.81 bits per heavy atom. The summed E-state index contributed by atoms with van der Waals surface area (Å²) in [5.41, 5.74) is 11.9. The Balaban J connectivity index is 1.67. The van der Waals surface area contributed by atoms with E-state index in [0.29, 0.717) is 0 Å². The van der Waals surface area contributed by atoms with E-state index in [-0.39, 0.29) is 6.04 Å². The van der Waals surface area contributed by atoms with Crippen molar-refractivity contribution in [2.24, 2.45) is 5.73 Å². The highest BCUT2D eigenvalue weighted by Crippen LogP contribution is 2.27. The lowest BCUT2D eigenvalue weighted by molar-refractivity contribution is 0.662. The van der Waals surface area contributed by atoms with Gasteiger partial charge in [-0.25, -0.2) is 0 Å². The molecule has 0 saturated carbocycles. The zero-order valence-corrected chi connectivity index (χ0v) is 12.8. The minimum Gasteiger partial charge on any atom is -0.374 e. The van der Waals surface area contributed by atoms with E-state index in [1.165, 1.54) is 41.8 Å². The number of nitrogens with two attached hydrogens (primary N) is 1. The molecule has 110 valence electrons. The van der Waals surface area contributed by atoms with Crippen LogP contribution in [0.15, 0.2) is 48.5 Å². The first-order valence-electron chi connectivity index (χ1n) is 7.85. The lowest BCUT2D eigenvalue weighted by atomic mass is 9.95. The van der Waals surface area contributed by atoms with Crippen molar-refractivity contribution in [3.63, 3.8) is 0 Å². The van der Waals surface area contributed by atoms with Crippen LogP contribution in [0.2, 0.25) is 0 Å². The van der Waals surface area contributed by atoms with E-state index in [2.05, 4.69) is 60.5 Å². The van der Waals surface area contributed by atoms with Gasteiger partial charge in [0.2, 0.25) is 0 Å². The van der Waals surface area contributed by atoms with Crippen molar-refractivity contribution in [1.82, 2.24) is 0 Å². The molecule has 0 spiro atoms. The van der Waals surface area contributed by atoms with Crippen LogP contribution in [0.5, 0.6) is 0 Å². The molecule has 0 radical (unpaired) electrons. The number of rotatable bonds is 4. The Morgan fingerprint density at radius 1 is 1.05 bits per heavy atom. The largest absolute Gasteiger partial charge is 0.374 e. The highest BCUT2D eigenvalue weighted by molar-refractivity contribution is 5.56. The van der Waals surface area contributed by atoms with Crippen LogP contribution in [0.1, 0.15) is 23.1 Å². The van der Waals surface area contributed by atoms with E-state index in [4.69, 9.17) is 5.73 Å². The van der Waals surface area contributed by atoms with Crippen LogP contribution in [0.25, 0.3) is 0 Å². The first-order chi connectivity index (χ1) is 10.2. The summed E-state index contributed by atoms with van der Waals surface area (Å²) >= 11 is 0. The minimum absolute atomic E-state index is 0.187. The summed E-state index contributed by atoms with van der Waals surface area (Å²) < 4.78 is 0. The fourth-order valence-electron chi connectivity index (χ4n) is 3.26. The SMILES string of the molecule is CN1CCCc2cc(CC(N)Cc3ccccc3)ccc21. The van der Waals surface area contributed by atoms with Crippen LogP contribution in [0, 0.1) is 0 Å². The van der Waals surface area contributed by atoms with Gasteiger partial charge in [-0.2, -0.15) is 0 Å². The van der Waals surface area contributed by atoms with Gasteiger partial charge in [-0.1, -0.05) is 42.5 Å². The number of hydrogen-bond acceptors (Lipinski definition) is 2. The van der Waals surface area contributed by atoms with Crippen LogP contribution in [-0.4, -0.2) is 19.6 Å². The maximum Gasteiger partial charge on any atom is 0.0396 e. The van der Waals surface area contributed by atoms with E-state index < -0.39 is 0 Å². The molecule has 1 aliphatic heterocycles. The molecule has 2 nitrogen and oxygen atoms in total. The third-order valence-corrected chi connectivity index (χ3v) is 4.33. The van der Waals surface area contributed by atoms with Gasteiger partial charge in [0.05, 0.1) is 0 Å². The molecule has 0 bridgehead atoms. The van der Waals surface area contributed by atoms with E-state index in [1.807, 2.05) is 0 Å². The van der Waals surface area contributed by atoms with Crippen molar-refractivity contribution in [2.75, 3.05) is 18.5 Å². The molecule has 0 aliphatic carbocycles. The first kappa shape index (κ1) is 14.2. The molecular formula is C19H24N2. The van der Waals surface area contributed by atoms with Crippen molar-refractivity contribution in [3.05, 3.63) is 65.2 Å². The number of hydrogen-bond donors (Lipinski definition) is 1. The molecule has 1 aliphatic rings. The van der Waals surface area contributed by atoms with Crippen molar-refractivity contribution < 1.29 is 0 Å². The molecule has 1 heterocycles. The molecule has 2 aromatic rings. The lowest BCUT2D eigenvalue weighted by Crippen LogP contribution is -2.27. The third-order valence-electron chi connectivity index (χ3n) is 4.33. The van der Waals surface area contributed by atoms with Gasteiger partial charge in [0.1, 0.15) is 0 Å². The molecule has 2 N–H and O–H groups in total. The predicted octanol–water partition coefficient (Wildman–Crippen LogP) is 3.18. The van der Waals surface area contributed by atoms with Crippen LogP contribution < -0.4 is 10.6 Å². The molecule has 21 heavy (non-hydrogen) atoms. The van der Waals surface area contributed by atoms with Crippen molar-refractivity contribution in [3.8, 4) is 0 Å². The quantitative estimate of drug-likeness (QED) is 0.932. The Kier molecular flexibility index (Phi) is 4.26. The Labute approximate surface area is 127 Å². The maximum absolute atomic E-state index is 6.33. The van der Waals surface area contributed by atoms with Gasteiger partial charge in [0, 0.05) is 25.3 Å². The molecule has 0 saturated heterocycles. The van der Waals surface area contributed by atoms with Crippen LogP contribution in [-0.2, 0) is 19.3 Å². The minimum atomic E-state index is 0.187. The molecule has 1 unspecified atom stereocenters. The first-order valence-corrected chi connectivity index (χ1v) is 7.85. The van der Waals surface area contributed by atoms with E-state index in [1.54, 1.807) is 0 Å². The van der Waals surface area contributed by atoms with Gasteiger partial charge in [0.15, 0.2) is 0 Å². The second-order valence-corrected chi connectivity index (χ2v) is 6.14. The molecule has 0 fully saturated rings. The maximum atomic E-state index is 6.33. The number of nitrogens with zero attached hydrogens (tertiary/aromatic N) is 1. The van der Waals surface area contributed by atoms with E-state index in [9.17, 15) is 0 Å². The molecule has 1 atom stereocenters. The molecule has 0 aromatic heterocycles. The van der Waals surface area contributed by atoms with Crippen LogP contribution in [0.4, 0.5) is 5.69 Å². The number of aryl methyl sites for hydroxylation is 1. The highest BCUT2D eigenvalue weighted by atomic mass is 15.1. The zero-order chi connectivity index (χ0) is 14.7. The zero-order valence-electron chi connectivity index (χ0n) is 12.8. The average molecular weight is 280 g/mol. The van der Waals surface area contributed by atoms with Gasteiger partial charge in [-0.05, 0) is 48.4 Å². The third kappa shape index (κ3) is 3.45. The molecule has 2 heteroatoms. The monoisotopic (exact) mass is 280 g/mol. The normalized spacial score (nSPS) is 15.6. The second-order valence-electron chi connectivity index (χ2n) is 6.14. The summed E-state index contributed by atoms with van der Waals surface area (Å²) in [4.78, 5) is 2.35. The molecule has 2 aromatic carbocycles. The number of anilines is 1. The van der Waals surface area contributed by atoms with Gasteiger partial charge >= 0.3 is 0 Å². The molecule has 0 amide bonds. The summed E-state index contributed by atoms with van der Waals surface area (Å²) in [5.74, 6) is 0. The summed E-state index contributed by atoms with van der Waals surface area (Å²) in [7, 11) is 2.18. The van der Waals surface area contributed by atoms with Gasteiger partial charge < -0.3 is 10.6 Å². The summed E-state index contributed by atoms with van der Waals surface area (Å²) in [5, 5.41) is 0. The smallest absolute Gasteiger partial charge is 0.0396 e. The second kappa shape index (κ2) is 6.31. The van der Waals surface area contributed by atoms with Crippen molar-refractivity contribution in [1.29, 1.82) is 0 Å². The van der Waals surface area contributed by atoms with Crippen molar-refractivity contribution in [2.45, 2.75) is 31.7 Å². The van der Waals surface area contributed by atoms with Gasteiger partial charge in [-0.15, -0.1) is 0 Å². The lowest BCUT2D eigenvalue weighted by Gasteiger charge is -2.28. The molecular weight excluding hydrogens is 256 g/mol. The fraction of sp³-hybridized carbons (Fsp3) is 0.368. The topological polar surface area (TPSA) is 29.3 Å². The summed E-state index contributed by atoms with van der Waals surface area (Å²) in [6.07, 6.45) is 4.34. The Hall–Kier alpha value is -1.80. The predicted molar refractivity (Wildman–Crippen MR) is 89.9 cm³/mol. The summed E-state index contributed by atoms with van der Waals surface area (Å²) in [6.45, 7) is 1.17. The molecule has 3 rings (SSSR count). The summed E-state index contributed by atoms with van der Waals surface area (Å²) in [6, 6.07) is 17.6. The Morgan fingerprint density at radius 3 is 2.62 bits per heavy atom. The van der Waals surface area contributed by atoms with Crippen molar-refractivity contribution >= 4 is 5.69 Å². The van der Waals surface area contributed by atoms with E-state index >= 15 is 0 Å². The standard InChI is InChI=1S/C19H24N2/c1-21-11-5-8-17-12-16(9-10-19(17)21)14-18(20)13-15-6-3-2-4-7-15/h2-4,6-7,9-10,12,18H,5,8,11,13-14,20H2,1H3. The van der Waals surface area contributed by atoms with Crippen LogP contribution in [0.3, 0.4) is 0 Å². The fourth-order valence-corrected chi connectivity index (χ4v) is 3.26. The van der Waals surface area contributed by atoms with Gasteiger partial charge in [-0.3, -0.25) is 0 Å². The van der Waals surface area contributed by atoms with E-state index in [0.717, 1.165) is 12.8 Å². The number of benzene rings is 2. The Bertz CT molecular complexity index is 592. The number of fused-ring (bicyclic) bond motifs is 1. The highest BCUT2D eigenvalue weighted by Gasteiger charge is 2.14. The average Bonchev–Trinajstić information content (AvgIpc) is 2.48.